The quantitative estimate of drug-likeness (QED) is 0.443. The van der Waals surface area contributed by atoms with Gasteiger partial charge in [0.2, 0.25) is 5.91 Å². The van der Waals surface area contributed by atoms with E-state index >= 15 is 0 Å². The first-order valence-electron chi connectivity index (χ1n) is 13.5. The highest BCUT2D eigenvalue weighted by atomic mass is 16.5. The second-order valence-electron chi connectivity index (χ2n) is 10.5. The number of hydrogen-bond donors (Lipinski definition) is 2. The number of fused-ring (bicyclic) bond motifs is 3. The molecule has 3 aromatic rings. The Hall–Kier alpha value is -3.88. The number of benzene rings is 2. The SMILES string of the molecule is CC(=O)NC(c1ccccc1)c1nc2c3c(ccc2n1C1CCCC(C(=O)O)C1)N(C)C(C)CC3.COC=O. The van der Waals surface area contributed by atoms with Gasteiger partial charge in [0.05, 0.1) is 24.1 Å². The summed E-state index contributed by atoms with van der Waals surface area (Å²) >= 11 is 0. The van der Waals surface area contributed by atoms with Crippen LogP contribution in [0.15, 0.2) is 42.5 Å². The fourth-order valence-corrected chi connectivity index (χ4v) is 5.94. The number of amides is 1. The number of anilines is 1. The van der Waals surface area contributed by atoms with Gasteiger partial charge in [-0.1, -0.05) is 36.8 Å². The third-order valence-corrected chi connectivity index (χ3v) is 8.02. The van der Waals surface area contributed by atoms with Crippen LogP contribution in [0, 0.1) is 5.92 Å². The summed E-state index contributed by atoms with van der Waals surface area (Å²) < 4.78 is 6.11. The number of rotatable bonds is 6. The van der Waals surface area contributed by atoms with Gasteiger partial charge in [0.15, 0.2) is 0 Å². The lowest BCUT2D eigenvalue weighted by atomic mass is 9.85. The lowest BCUT2D eigenvalue weighted by Crippen LogP contribution is -2.33. The highest BCUT2D eigenvalue weighted by Crippen LogP contribution is 2.41. The van der Waals surface area contributed by atoms with Crippen LogP contribution in [0.3, 0.4) is 0 Å². The topological polar surface area (TPSA) is 114 Å². The molecule has 4 atom stereocenters. The van der Waals surface area contributed by atoms with Gasteiger partial charge < -0.3 is 24.6 Å². The maximum Gasteiger partial charge on any atom is 0.306 e. The van der Waals surface area contributed by atoms with Gasteiger partial charge in [-0.25, -0.2) is 4.98 Å². The maximum atomic E-state index is 12.3. The summed E-state index contributed by atoms with van der Waals surface area (Å²) in [6.07, 6.45) is 5.05. The molecule has 1 aromatic heterocycles. The molecule has 2 N–H and O–H groups in total. The molecule has 1 aliphatic heterocycles. The molecule has 39 heavy (non-hydrogen) atoms. The lowest BCUT2D eigenvalue weighted by molar-refractivity contribution is -0.143. The van der Waals surface area contributed by atoms with Crippen LogP contribution in [0.2, 0.25) is 0 Å². The largest absolute Gasteiger partial charge is 0.481 e. The van der Waals surface area contributed by atoms with E-state index in [-0.39, 0.29) is 17.9 Å². The number of aromatic nitrogens is 2. The van der Waals surface area contributed by atoms with Gasteiger partial charge in [0, 0.05) is 37.3 Å². The number of ether oxygens (including phenoxy) is 1. The highest BCUT2D eigenvalue weighted by molar-refractivity contribution is 5.87. The molecule has 1 saturated carbocycles. The van der Waals surface area contributed by atoms with Crippen LogP contribution in [0.25, 0.3) is 11.0 Å². The van der Waals surface area contributed by atoms with Gasteiger partial charge in [-0.05, 0) is 56.7 Å². The third-order valence-electron chi connectivity index (χ3n) is 8.02. The second-order valence-corrected chi connectivity index (χ2v) is 10.5. The maximum absolute atomic E-state index is 12.3. The van der Waals surface area contributed by atoms with E-state index in [0.717, 1.165) is 48.1 Å². The molecule has 5 rings (SSSR count). The standard InChI is InChI=1S/C28H34N4O3.C2H4O2/c1-17-12-13-22-23(31(17)3)14-15-24-26(22)30-27(25(29-18(2)33)19-8-5-4-6-9-19)32(24)21-11-7-10-20(16-21)28(34)35;1-4-2-3/h4-6,8-9,14-15,17,20-21,25H,7,10-13,16H2,1-3H3,(H,29,33)(H,34,35);2H,1H3. The van der Waals surface area contributed by atoms with Crippen molar-refractivity contribution >= 4 is 35.1 Å². The molecule has 9 nitrogen and oxygen atoms in total. The summed E-state index contributed by atoms with van der Waals surface area (Å²) in [5.41, 5.74) is 5.41. The molecule has 1 fully saturated rings. The molecule has 2 aliphatic rings. The van der Waals surface area contributed by atoms with Gasteiger partial charge >= 0.3 is 5.97 Å². The van der Waals surface area contributed by atoms with Crippen molar-refractivity contribution < 1.29 is 24.2 Å². The predicted molar refractivity (Wildman–Crippen MR) is 150 cm³/mol. The highest BCUT2D eigenvalue weighted by Gasteiger charge is 2.34. The van der Waals surface area contributed by atoms with Gasteiger partial charge in [0.1, 0.15) is 11.9 Å². The Morgan fingerprint density at radius 1 is 1.15 bits per heavy atom. The first-order valence-corrected chi connectivity index (χ1v) is 13.5. The third kappa shape index (κ3) is 5.92. The number of carbonyl (C=O) groups excluding carboxylic acids is 2. The number of imidazole rings is 1. The van der Waals surface area contributed by atoms with Crippen LogP contribution < -0.4 is 10.2 Å². The minimum absolute atomic E-state index is 0.0168. The van der Waals surface area contributed by atoms with E-state index in [1.807, 2.05) is 30.3 Å². The number of carboxylic acid groups (broad SMARTS) is 1. The molecule has 0 spiro atoms. The average molecular weight is 535 g/mol. The van der Waals surface area contributed by atoms with Crippen molar-refractivity contribution in [3.8, 4) is 0 Å². The van der Waals surface area contributed by atoms with Crippen LogP contribution in [-0.4, -0.2) is 53.2 Å². The molecule has 208 valence electrons. The van der Waals surface area contributed by atoms with E-state index in [9.17, 15) is 14.7 Å². The molecule has 1 aliphatic carbocycles. The van der Waals surface area contributed by atoms with Crippen LogP contribution in [0.1, 0.15) is 75.0 Å². The molecule has 4 unspecified atom stereocenters. The van der Waals surface area contributed by atoms with Crippen molar-refractivity contribution in [2.45, 2.75) is 70.5 Å². The molecule has 0 radical (unpaired) electrons. The van der Waals surface area contributed by atoms with Crippen molar-refractivity contribution in [2.24, 2.45) is 5.92 Å². The number of nitrogens with one attached hydrogen (secondary N) is 1. The number of carbonyl (C=O) groups is 3. The van der Waals surface area contributed by atoms with E-state index in [0.29, 0.717) is 25.4 Å². The Balaban J connectivity index is 0.000000826. The Bertz CT molecular complexity index is 1320. The van der Waals surface area contributed by atoms with Crippen molar-refractivity contribution in [1.82, 2.24) is 14.9 Å². The fraction of sp³-hybridized carbons (Fsp3) is 0.467. The minimum Gasteiger partial charge on any atom is -0.481 e. The summed E-state index contributed by atoms with van der Waals surface area (Å²) in [6.45, 7) is 4.15. The fourth-order valence-electron chi connectivity index (χ4n) is 5.94. The summed E-state index contributed by atoms with van der Waals surface area (Å²) in [5, 5.41) is 12.9. The number of aryl methyl sites for hydroxylation is 1. The molecule has 0 bridgehead atoms. The number of aliphatic carboxylic acids is 1. The normalized spacial score (nSPS) is 21.2. The summed E-state index contributed by atoms with van der Waals surface area (Å²) in [5.74, 6) is -0.429. The molecule has 0 saturated heterocycles. The van der Waals surface area contributed by atoms with E-state index in [2.05, 4.69) is 45.6 Å². The molecule has 2 aromatic carbocycles. The number of methoxy groups -OCH3 is 1. The van der Waals surface area contributed by atoms with E-state index in [1.165, 1.54) is 25.3 Å². The number of nitrogens with zero attached hydrogens (tertiary/aromatic N) is 3. The van der Waals surface area contributed by atoms with Crippen LogP contribution in [0.5, 0.6) is 0 Å². The van der Waals surface area contributed by atoms with Crippen molar-refractivity contribution in [1.29, 1.82) is 0 Å². The molecule has 9 heteroatoms. The van der Waals surface area contributed by atoms with Crippen LogP contribution in [0.4, 0.5) is 5.69 Å². The number of hydrogen-bond acceptors (Lipinski definition) is 6. The van der Waals surface area contributed by atoms with Gasteiger partial charge in [-0.15, -0.1) is 0 Å². The van der Waals surface area contributed by atoms with Gasteiger partial charge in [-0.2, -0.15) is 0 Å². The molecule has 1 amide bonds. The molecular weight excluding hydrogens is 496 g/mol. The van der Waals surface area contributed by atoms with Crippen LogP contribution >= 0.6 is 0 Å². The van der Waals surface area contributed by atoms with Gasteiger partial charge in [0.25, 0.3) is 6.47 Å². The van der Waals surface area contributed by atoms with Gasteiger partial charge in [-0.3, -0.25) is 14.4 Å². The Kier molecular flexibility index (Phi) is 8.89. The van der Waals surface area contributed by atoms with E-state index in [1.54, 1.807) is 0 Å². The summed E-state index contributed by atoms with van der Waals surface area (Å²) in [7, 11) is 3.45. The summed E-state index contributed by atoms with van der Waals surface area (Å²) in [4.78, 5) is 40.7. The Labute approximate surface area is 229 Å². The Morgan fingerprint density at radius 2 is 1.87 bits per heavy atom. The number of carboxylic acids is 1. The van der Waals surface area contributed by atoms with Crippen molar-refractivity contribution in [3.63, 3.8) is 0 Å². The van der Waals surface area contributed by atoms with Crippen LogP contribution in [-0.2, 0) is 25.5 Å². The minimum atomic E-state index is -0.727. The van der Waals surface area contributed by atoms with E-state index < -0.39 is 12.0 Å². The zero-order valence-corrected chi connectivity index (χ0v) is 23.1. The van der Waals surface area contributed by atoms with Crippen molar-refractivity contribution in [3.05, 3.63) is 59.4 Å². The first kappa shape index (κ1) is 28.1. The monoisotopic (exact) mass is 534 g/mol. The molecular formula is C30H38N4O5. The predicted octanol–water partition coefficient (Wildman–Crippen LogP) is 4.64. The smallest absolute Gasteiger partial charge is 0.306 e. The van der Waals surface area contributed by atoms with E-state index in [4.69, 9.17) is 9.78 Å². The first-order chi connectivity index (χ1) is 18.8. The lowest BCUT2D eigenvalue weighted by Gasteiger charge is -2.34. The zero-order valence-electron chi connectivity index (χ0n) is 23.1. The molecule has 2 heterocycles. The Morgan fingerprint density at radius 3 is 2.51 bits per heavy atom. The van der Waals surface area contributed by atoms with Crippen molar-refractivity contribution in [2.75, 3.05) is 19.1 Å². The average Bonchev–Trinajstić information content (AvgIpc) is 3.34. The zero-order chi connectivity index (χ0) is 28.1. The second kappa shape index (κ2) is 12.3. The summed E-state index contributed by atoms with van der Waals surface area (Å²) in [6, 6.07) is 14.3.